The number of nitrogens with zero attached hydrogens (tertiary/aromatic N) is 2. The van der Waals surface area contributed by atoms with Crippen LogP contribution in [0.4, 0.5) is 0 Å². The van der Waals surface area contributed by atoms with Gasteiger partial charge in [-0.1, -0.05) is 18.6 Å². The maximum absolute atomic E-state index is 13.5. The largest absolute Gasteiger partial charge is 0.507 e. The third-order valence-corrected chi connectivity index (χ3v) is 7.18. The summed E-state index contributed by atoms with van der Waals surface area (Å²) in [6, 6.07) is 11.6. The van der Waals surface area contributed by atoms with E-state index in [9.17, 15) is 9.90 Å². The summed E-state index contributed by atoms with van der Waals surface area (Å²) in [5.74, 6) is 0.709. The quantitative estimate of drug-likeness (QED) is 0.477. The summed E-state index contributed by atoms with van der Waals surface area (Å²) in [6.07, 6.45) is 3.54. The number of rotatable bonds is 3. The van der Waals surface area contributed by atoms with E-state index in [1.54, 1.807) is 19.1 Å². The molecule has 0 unspecified atom stereocenters. The SMILES string of the molecule is Cc1oc2c(CN3CCCC[C@H]3C)c(O)ccc2c(=O)c1-c1nc2ccccc2s1. The number of para-hydroxylation sites is 1. The third-order valence-electron chi connectivity index (χ3n) is 6.12. The molecule has 0 saturated carbocycles. The number of thiazole rings is 1. The first-order valence-corrected chi connectivity index (χ1v) is 11.2. The molecule has 1 N–H and O–H groups in total. The molecule has 5 nitrogen and oxygen atoms in total. The van der Waals surface area contributed by atoms with Crippen LogP contribution in [-0.4, -0.2) is 27.6 Å². The zero-order chi connectivity index (χ0) is 20.8. The minimum Gasteiger partial charge on any atom is -0.507 e. The molecular formula is C24H24N2O3S. The van der Waals surface area contributed by atoms with Gasteiger partial charge in [0.2, 0.25) is 5.43 Å². The highest BCUT2D eigenvalue weighted by atomic mass is 32.1. The summed E-state index contributed by atoms with van der Waals surface area (Å²) in [5, 5.41) is 11.8. The molecule has 1 fully saturated rings. The number of hydrogen-bond acceptors (Lipinski definition) is 6. The molecule has 6 heteroatoms. The highest BCUT2D eigenvalue weighted by molar-refractivity contribution is 7.21. The number of aryl methyl sites for hydroxylation is 1. The molecular weight excluding hydrogens is 396 g/mol. The van der Waals surface area contributed by atoms with Gasteiger partial charge in [-0.05, 0) is 57.5 Å². The number of phenolic OH excluding ortho intramolecular Hbond substituents is 1. The molecule has 1 saturated heterocycles. The second-order valence-corrected chi connectivity index (χ2v) is 9.13. The summed E-state index contributed by atoms with van der Waals surface area (Å²) < 4.78 is 7.23. The minimum absolute atomic E-state index is 0.0965. The molecule has 2 aromatic carbocycles. The summed E-state index contributed by atoms with van der Waals surface area (Å²) in [7, 11) is 0. The van der Waals surface area contributed by atoms with Crippen LogP contribution < -0.4 is 5.43 Å². The fraction of sp³-hybridized carbons (Fsp3) is 0.333. The number of piperidine rings is 1. The Bertz CT molecular complexity index is 1270. The molecule has 1 aliphatic rings. The normalized spacial score (nSPS) is 17.7. The van der Waals surface area contributed by atoms with Crippen LogP contribution in [0.1, 0.15) is 37.5 Å². The molecule has 0 aliphatic carbocycles. The van der Waals surface area contributed by atoms with Crippen molar-refractivity contribution in [2.75, 3.05) is 6.54 Å². The van der Waals surface area contributed by atoms with E-state index in [4.69, 9.17) is 4.42 Å². The lowest BCUT2D eigenvalue weighted by Gasteiger charge is -2.33. The first kappa shape index (κ1) is 19.3. The van der Waals surface area contributed by atoms with E-state index < -0.39 is 0 Å². The van der Waals surface area contributed by atoms with Crippen LogP contribution in [0.15, 0.2) is 45.6 Å². The molecule has 30 heavy (non-hydrogen) atoms. The van der Waals surface area contributed by atoms with Gasteiger partial charge in [-0.25, -0.2) is 4.98 Å². The molecule has 5 rings (SSSR count). The van der Waals surface area contributed by atoms with Crippen molar-refractivity contribution in [1.29, 1.82) is 0 Å². The van der Waals surface area contributed by atoms with Crippen molar-refractivity contribution in [2.24, 2.45) is 0 Å². The van der Waals surface area contributed by atoms with Crippen molar-refractivity contribution < 1.29 is 9.52 Å². The number of hydrogen-bond donors (Lipinski definition) is 1. The number of aromatic hydroxyl groups is 1. The Kier molecular flexibility index (Phi) is 4.83. The van der Waals surface area contributed by atoms with E-state index in [0.717, 1.165) is 29.6 Å². The highest BCUT2D eigenvalue weighted by Crippen LogP contribution is 2.35. The smallest absolute Gasteiger partial charge is 0.203 e. The van der Waals surface area contributed by atoms with E-state index in [1.807, 2.05) is 24.3 Å². The molecule has 1 aliphatic heterocycles. The van der Waals surface area contributed by atoms with Crippen molar-refractivity contribution in [3.05, 3.63) is 57.9 Å². The van der Waals surface area contributed by atoms with Gasteiger partial charge in [0.05, 0.1) is 26.7 Å². The van der Waals surface area contributed by atoms with Gasteiger partial charge in [-0.15, -0.1) is 11.3 Å². The van der Waals surface area contributed by atoms with E-state index in [-0.39, 0.29) is 11.2 Å². The zero-order valence-electron chi connectivity index (χ0n) is 17.1. The maximum atomic E-state index is 13.5. The van der Waals surface area contributed by atoms with Crippen molar-refractivity contribution in [2.45, 2.75) is 45.7 Å². The summed E-state index contributed by atoms with van der Waals surface area (Å²) in [4.78, 5) is 20.5. The number of fused-ring (bicyclic) bond motifs is 2. The molecule has 0 spiro atoms. The minimum atomic E-state index is -0.0965. The molecule has 4 aromatic rings. The van der Waals surface area contributed by atoms with E-state index in [0.29, 0.717) is 45.5 Å². The van der Waals surface area contributed by atoms with Crippen LogP contribution in [0, 0.1) is 6.92 Å². The fourth-order valence-electron chi connectivity index (χ4n) is 4.39. The van der Waals surface area contributed by atoms with E-state index in [2.05, 4.69) is 16.8 Å². The fourth-order valence-corrected chi connectivity index (χ4v) is 5.44. The van der Waals surface area contributed by atoms with Crippen LogP contribution >= 0.6 is 11.3 Å². The van der Waals surface area contributed by atoms with Crippen molar-refractivity contribution in [3.63, 3.8) is 0 Å². The van der Waals surface area contributed by atoms with Crippen molar-refractivity contribution >= 4 is 32.5 Å². The number of benzene rings is 2. The Morgan fingerprint density at radius 1 is 1.23 bits per heavy atom. The van der Waals surface area contributed by atoms with Gasteiger partial charge < -0.3 is 9.52 Å². The molecule has 2 aromatic heterocycles. The average molecular weight is 421 g/mol. The second kappa shape index (κ2) is 7.52. The summed E-state index contributed by atoms with van der Waals surface area (Å²) in [5.41, 5.74) is 2.46. The van der Waals surface area contributed by atoms with Crippen LogP contribution in [-0.2, 0) is 6.54 Å². The van der Waals surface area contributed by atoms with Gasteiger partial charge in [0.25, 0.3) is 0 Å². The number of phenols is 1. The predicted octanol–water partition coefficient (Wildman–Crippen LogP) is 5.46. The maximum Gasteiger partial charge on any atom is 0.203 e. The third kappa shape index (κ3) is 3.20. The van der Waals surface area contributed by atoms with Gasteiger partial charge in [0.15, 0.2) is 0 Å². The lowest BCUT2D eigenvalue weighted by molar-refractivity contribution is 0.151. The zero-order valence-corrected chi connectivity index (χ0v) is 18.0. The number of aromatic nitrogens is 1. The lowest BCUT2D eigenvalue weighted by Crippen LogP contribution is -2.36. The molecule has 0 amide bonds. The van der Waals surface area contributed by atoms with Crippen LogP contribution in [0.3, 0.4) is 0 Å². The Labute approximate surface area is 178 Å². The van der Waals surface area contributed by atoms with E-state index >= 15 is 0 Å². The van der Waals surface area contributed by atoms with E-state index in [1.165, 1.54) is 17.8 Å². The Morgan fingerprint density at radius 2 is 2.07 bits per heavy atom. The van der Waals surface area contributed by atoms with Crippen LogP contribution in [0.2, 0.25) is 0 Å². The van der Waals surface area contributed by atoms with Gasteiger partial charge in [0, 0.05) is 12.6 Å². The molecule has 0 radical (unpaired) electrons. The first-order valence-electron chi connectivity index (χ1n) is 10.4. The molecule has 154 valence electrons. The summed E-state index contributed by atoms with van der Waals surface area (Å²) >= 11 is 1.49. The van der Waals surface area contributed by atoms with Crippen LogP contribution in [0.5, 0.6) is 5.75 Å². The first-order chi connectivity index (χ1) is 14.5. The lowest BCUT2D eigenvalue weighted by atomic mass is 10.0. The molecule has 3 heterocycles. The molecule has 1 atom stereocenters. The monoisotopic (exact) mass is 420 g/mol. The van der Waals surface area contributed by atoms with Gasteiger partial charge in [-0.3, -0.25) is 9.69 Å². The topological polar surface area (TPSA) is 66.6 Å². The van der Waals surface area contributed by atoms with Crippen LogP contribution in [0.25, 0.3) is 31.8 Å². The number of likely N-dealkylation sites (tertiary alicyclic amines) is 1. The second-order valence-electron chi connectivity index (χ2n) is 8.10. The molecule has 0 bridgehead atoms. The predicted molar refractivity (Wildman–Crippen MR) is 121 cm³/mol. The highest BCUT2D eigenvalue weighted by Gasteiger charge is 2.24. The summed E-state index contributed by atoms with van der Waals surface area (Å²) in [6.45, 7) is 5.59. The Morgan fingerprint density at radius 3 is 2.87 bits per heavy atom. The van der Waals surface area contributed by atoms with Gasteiger partial charge in [0.1, 0.15) is 22.1 Å². The van der Waals surface area contributed by atoms with Crippen molar-refractivity contribution in [1.82, 2.24) is 9.88 Å². The van der Waals surface area contributed by atoms with Gasteiger partial charge >= 0.3 is 0 Å². The van der Waals surface area contributed by atoms with Gasteiger partial charge in [-0.2, -0.15) is 0 Å². The van der Waals surface area contributed by atoms with Crippen molar-refractivity contribution in [3.8, 4) is 16.3 Å². The Balaban J connectivity index is 1.66. The standard InChI is InChI=1S/C24H24N2O3S/c1-14-7-5-6-12-26(14)13-17-19(27)11-10-16-22(28)21(15(2)29-23(16)17)24-25-18-8-3-4-9-20(18)30-24/h3-4,8-11,14,27H,5-7,12-13H2,1-2H3/t14-/m1/s1. The average Bonchev–Trinajstić information content (AvgIpc) is 3.15. The Hall–Kier alpha value is -2.70.